The molecule has 1 aliphatic rings. The van der Waals surface area contributed by atoms with Crippen LogP contribution in [-0.2, 0) is 14.8 Å². The zero-order valence-electron chi connectivity index (χ0n) is 14.2. The number of ether oxygens (including phenoxy) is 1. The SMILES string of the molecule is Cc1cc(F)ccc1S(=O)(=O)Nc1ccccc1C(=O)N1CCOCC1. The zero-order chi connectivity index (χ0) is 18.7. The summed E-state index contributed by atoms with van der Waals surface area (Å²) in [7, 11) is -3.96. The molecule has 0 spiro atoms. The number of rotatable bonds is 4. The fourth-order valence-electron chi connectivity index (χ4n) is 2.81. The van der Waals surface area contributed by atoms with Crippen molar-refractivity contribution in [3.8, 4) is 0 Å². The normalized spacial score (nSPS) is 14.9. The first-order valence-corrected chi connectivity index (χ1v) is 9.62. The molecule has 1 amide bonds. The number of anilines is 1. The van der Waals surface area contributed by atoms with Gasteiger partial charge in [0, 0.05) is 13.1 Å². The van der Waals surface area contributed by atoms with Gasteiger partial charge in [0.1, 0.15) is 5.82 Å². The van der Waals surface area contributed by atoms with Crippen LogP contribution in [0.4, 0.5) is 10.1 Å². The second kappa shape index (κ2) is 7.43. The van der Waals surface area contributed by atoms with Crippen LogP contribution in [0.3, 0.4) is 0 Å². The molecule has 6 nitrogen and oxygen atoms in total. The number of amides is 1. The van der Waals surface area contributed by atoms with E-state index >= 15 is 0 Å². The van der Waals surface area contributed by atoms with E-state index in [9.17, 15) is 17.6 Å². The largest absolute Gasteiger partial charge is 0.378 e. The summed E-state index contributed by atoms with van der Waals surface area (Å²) in [4.78, 5) is 14.3. The highest BCUT2D eigenvalue weighted by Gasteiger charge is 2.24. The van der Waals surface area contributed by atoms with E-state index < -0.39 is 15.8 Å². The number of carbonyl (C=O) groups is 1. The molecule has 26 heavy (non-hydrogen) atoms. The number of hydrogen-bond donors (Lipinski definition) is 1. The zero-order valence-corrected chi connectivity index (χ0v) is 15.1. The molecule has 138 valence electrons. The summed E-state index contributed by atoms with van der Waals surface area (Å²) in [6.45, 7) is 3.33. The highest BCUT2D eigenvalue weighted by molar-refractivity contribution is 7.92. The van der Waals surface area contributed by atoms with Gasteiger partial charge in [-0.15, -0.1) is 0 Å². The lowest BCUT2D eigenvalue weighted by atomic mass is 10.1. The van der Waals surface area contributed by atoms with Gasteiger partial charge in [0.2, 0.25) is 0 Å². The van der Waals surface area contributed by atoms with Crippen molar-refractivity contribution in [3.05, 3.63) is 59.4 Å². The molecule has 2 aromatic carbocycles. The van der Waals surface area contributed by atoms with Crippen LogP contribution in [0, 0.1) is 12.7 Å². The minimum absolute atomic E-state index is 0.0347. The van der Waals surface area contributed by atoms with E-state index in [4.69, 9.17) is 4.74 Å². The van der Waals surface area contributed by atoms with Crippen molar-refractivity contribution in [3.63, 3.8) is 0 Å². The maximum atomic E-state index is 13.3. The Balaban J connectivity index is 1.91. The van der Waals surface area contributed by atoms with Crippen LogP contribution in [0.1, 0.15) is 15.9 Å². The molecule has 0 aromatic heterocycles. The predicted octanol–water partition coefficient (Wildman–Crippen LogP) is 2.41. The Hall–Kier alpha value is -2.45. The Bertz CT molecular complexity index is 925. The van der Waals surface area contributed by atoms with Crippen molar-refractivity contribution in [1.82, 2.24) is 4.90 Å². The second-order valence-electron chi connectivity index (χ2n) is 5.97. The van der Waals surface area contributed by atoms with E-state index in [-0.39, 0.29) is 27.6 Å². The summed E-state index contributed by atoms with van der Waals surface area (Å²) < 4.78 is 46.4. The Morgan fingerprint density at radius 3 is 2.54 bits per heavy atom. The van der Waals surface area contributed by atoms with Gasteiger partial charge in [-0.2, -0.15) is 0 Å². The molecular weight excluding hydrogens is 359 g/mol. The monoisotopic (exact) mass is 378 g/mol. The van der Waals surface area contributed by atoms with Gasteiger partial charge in [-0.05, 0) is 42.8 Å². The highest BCUT2D eigenvalue weighted by Crippen LogP contribution is 2.24. The average Bonchev–Trinajstić information content (AvgIpc) is 2.61. The first kappa shape index (κ1) is 18.3. The third-order valence-electron chi connectivity index (χ3n) is 4.13. The van der Waals surface area contributed by atoms with Crippen LogP contribution in [0.5, 0.6) is 0 Å². The van der Waals surface area contributed by atoms with Crippen molar-refractivity contribution in [2.75, 3.05) is 31.0 Å². The molecule has 0 aliphatic carbocycles. The number of aryl methyl sites for hydroxylation is 1. The summed E-state index contributed by atoms with van der Waals surface area (Å²) in [5.74, 6) is -0.772. The number of nitrogens with zero attached hydrogens (tertiary/aromatic N) is 1. The lowest BCUT2D eigenvalue weighted by Gasteiger charge is -2.27. The summed E-state index contributed by atoms with van der Waals surface area (Å²) >= 11 is 0. The van der Waals surface area contributed by atoms with Gasteiger partial charge < -0.3 is 9.64 Å². The minimum Gasteiger partial charge on any atom is -0.378 e. The van der Waals surface area contributed by atoms with Gasteiger partial charge in [0.05, 0.1) is 29.4 Å². The number of sulfonamides is 1. The van der Waals surface area contributed by atoms with Gasteiger partial charge in [-0.3, -0.25) is 9.52 Å². The Morgan fingerprint density at radius 2 is 1.85 bits per heavy atom. The van der Waals surface area contributed by atoms with Crippen LogP contribution >= 0.6 is 0 Å². The molecule has 1 aliphatic heterocycles. The standard InChI is InChI=1S/C18H19FN2O4S/c1-13-12-14(19)6-7-17(13)26(23,24)20-16-5-3-2-4-15(16)18(22)21-8-10-25-11-9-21/h2-7,12,20H,8-11H2,1H3. The first-order valence-electron chi connectivity index (χ1n) is 8.13. The maximum absolute atomic E-state index is 13.3. The number of halogens is 1. The van der Waals surface area contributed by atoms with Crippen molar-refractivity contribution < 1.29 is 22.3 Å². The summed E-state index contributed by atoms with van der Waals surface area (Å²) in [5.41, 5.74) is 0.736. The molecule has 0 bridgehead atoms. The smallest absolute Gasteiger partial charge is 0.262 e. The number of morpholine rings is 1. The van der Waals surface area contributed by atoms with E-state index in [2.05, 4.69) is 4.72 Å². The Kier molecular flexibility index (Phi) is 5.24. The molecule has 1 N–H and O–H groups in total. The van der Waals surface area contributed by atoms with Crippen molar-refractivity contribution in [2.45, 2.75) is 11.8 Å². The quantitative estimate of drug-likeness (QED) is 0.887. The van der Waals surface area contributed by atoms with Crippen LogP contribution in [0.15, 0.2) is 47.4 Å². The molecule has 1 fully saturated rings. The van der Waals surface area contributed by atoms with Crippen molar-refractivity contribution >= 4 is 21.6 Å². The summed E-state index contributed by atoms with van der Waals surface area (Å²) in [5, 5.41) is 0. The van der Waals surface area contributed by atoms with Crippen molar-refractivity contribution in [2.24, 2.45) is 0 Å². The minimum atomic E-state index is -3.96. The molecule has 0 unspecified atom stereocenters. The molecule has 0 saturated carbocycles. The third kappa shape index (κ3) is 3.86. The Morgan fingerprint density at radius 1 is 1.15 bits per heavy atom. The maximum Gasteiger partial charge on any atom is 0.262 e. The van der Waals surface area contributed by atoms with Gasteiger partial charge in [-0.25, -0.2) is 12.8 Å². The number of carbonyl (C=O) groups excluding carboxylic acids is 1. The highest BCUT2D eigenvalue weighted by atomic mass is 32.2. The number of hydrogen-bond acceptors (Lipinski definition) is 4. The first-order chi connectivity index (χ1) is 12.4. The lowest BCUT2D eigenvalue weighted by Crippen LogP contribution is -2.41. The summed E-state index contributed by atoms with van der Waals surface area (Å²) in [6, 6.07) is 9.88. The van der Waals surface area contributed by atoms with E-state index in [1.165, 1.54) is 19.1 Å². The lowest BCUT2D eigenvalue weighted by molar-refractivity contribution is 0.0303. The molecule has 1 saturated heterocycles. The van der Waals surface area contributed by atoms with Crippen molar-refractivity contribution in [1.29, 1.82) is 0 Å². The van der Waals surface area contributed by atoms with Gasteiger partial charge >= 0.3 is 0 Å². The average molecular weight is 378 g/mol. The third-order valence-corrected chi connectivity index (χ3v) is 5.65. The predicted molar refractivity (Wildman–Crippen MR) is 95.1 cm³/mol. The van der Waals surface area contributed by atoms with Crippen LogP contribution < -0.4 is 4.72 Å². The fraction of sp³-hybridized carbons (Fsp3) is 0.278. The summed E-state index contributed by atoms with van der Waals surface area (Å²) in [6.07, 6.45) is 0. The molecule has 3 rings (SSSR count). The van der Waals surface area contributed by atoms with E-state index in [1.54, 1.807) is 23.1 Å². The molecule has 0 atom stereocenters. The van der Waals surface area contributed by atoms with Crippen LogP contribution in [0.25, 0.3) is 0 Å². The Labute approximate surface area is 151 Å². The molecular formula is C18H19FN2O4S. The molecule has 2 aromatic rings. The van der Waals surface area contributed by atoms with E-state index in [0.717, 1.165) is 12.1 Å². The van der Waals surface area contributed by atoms with Gasteiger partial charge in [-0.1, -0.05) is 12.1 Å². The van der Waals surface area contributed by atoms with Gasteiger partial charge in [0.15, 0.2) is 0 Å². The molecule has 1 heterocycles. The fourth-order valence-corrected chi connectivity index (χ4v) is 4.12. The van der Waals surface area contributed by atoms with E-state index in [0.29, 0.717) is 26.3 Å². The molecule has 0 radical (unpaired) electrons. The number of nitrogens with one attached hydrogen (secondary N) is 1. The van der Waals surface area contributed by atoms with Crippen LogP contribution in [0.2, 0.25) is 0 Å². The topological polar surface area (TPSA) is 75.7 Å². The molecule has 8 heteroatoms. The van der Waals surface area contributed by atoms with E-state index in [1.807, 2.05) is 0 Å². The van der Waals surface area contributed by atoms with Gasteiger partial charge in [0.25, 0.3) is 15.9 Å². The second-order valence-corrected chi connectivity index (χ2v) is 7.62. The number of benzene rings is 2. The van der Waals surface area contributed by atoms with Crippen LogP contribution in [-0.4, -0.2) is 45.5 Å². The number of para-hydroxylation sites is 1.